The van der Waals surface area contributed by atoms with Crippen molar-refractivity contribution in [2.24, 2.45) is 17.8 Å². The van der Waals surface area contributed by atoms with Crippen LogP contribution in [0.25, 0.3) is 0 Å². The smallest absolute Gasteiger partial charge is 0.307 e. The first kappa shape index (κ1) is 14.1. The molecule has 0 aromatic heterocycles. The Hall–Kier alpha value is -1.36. The molecule has 2 rings (SSSR count). The van der Waals surface area contributed by atoms with E-state index in [0.717, 1.165) is 12.5 Å². The highest BCUT2D eigenvalue weighted by molar-refractivity contribution is 5.85. The third kappa shape index (κ3) is 4.35. The van der Waals surface area contributed by atoms with Gasteiger partial charge in [0.05, 0.1) is 18.4 Å². The van der Waals surface area contributed by atoms with Crippen molar-refractivity contribution in [1.29, 1.82) is 0 Å². The number of hydrogen-bond acceptors (Lipinski definition) is 3. The van der Waals surface area contributed by atoms with Gasteiger partial charge < -0.3 is 15.2 Å². The second-order valence-electron chi connectivity index (χ2n) is 5.30. The summed E-state index contributed by atoms with van der Waals surface area (Å²) in [5.41, 5.74) is 0. The Morgan fingerprint density at radius 1 is 1.21 bits per heavy atom. The quantitative estimate of drug-likeness (QED) is 0.537. The normalized spacial score (nSPS) is 26.1. The van der Waals surface area contributed by atoms with Crippen LogP contribution in [-0.4, -0.2) is 36.7 Å². The molecule has 0 aromatic carbocycles. The first-order chi connectivity index (χ1) is 9.18. The number of carbonyl (C=O) groups is 2. The van der Waals surface area contributed by atoms with Crippen LogP contribution in [0.4, 0.5) is 0 Å². The molecular formula is C14H21NO4. The number of ether oxygens (including phenoxy) is 1. The summed E-state index contributed by atoms with van der Waals surface area (Å²) in [5.74, 6) is -1.40. The lowest BCUT2D eigenvalue weighted by Crippen LogP contribution is -2.40. The summed E-state index contributed by atoms with van der Waals surface area (Å²) in [6.07, 6.45) is 7.16. The molecule has 2 aliphatic rings. The maximum absolute atomic E-state index is 12.0. The van der Waals surface area contributed by atoms with E-state index >= 15 is 0 Å². The predicted molar refractivity (Wildman–Crippen MR) is 69.5 cm³/mol. The van der Waals surface area contributed by atoms with Gasteiger partial charge in [-0.1, -0.05) is 12.2 Å². The van der Waals surface area contributed by atoms with Gasteiger partial charge in [0, 0.05) is 13.2 Å². The van der Waals surface area contributed by atoms with Crippen molar-refractivity contribution >= 4 is 11.9 Å². The highest BCUT2D eigenvalue weighted by Gasteiger charge is 2.33. The summed E-state index contributed by atoms with van der Waals surface area (Å²) < 4.78 is 5.42. The van der Waals surface area contributed by atoms with Gasteiger partial charge in [-0.15, -0.1) is 0 Å². The van der Waals surface area contributed by atoms with Crippen LogP contribution in [0.15, 0.2) is 12.2 Å². The van der Waals surface area contributed by atoms with Crippen LogP contribution in [0, 0.1) is 17.8 Å². The number of carboxylic acids is 1. The molecule has 2 N–H and O–H groups in total. The molecule has 2 atom stereocenters. The molecule has 2 unspecified atom stereocenters. The van der Waals surface area contributed by atoms with Crippen LogP contribution >= 0.6 is 0 Å². The molecule has 1 amide bonds. The largest absolute Gasteiger partial charge is 0.481 e. The van der Waals surface area contributed by atoms with Crippen LogP contribution < -0.4 is 5.32 Å². The van der Waals surface area contributed by atoms with Crippen LogP contribution in [-0.2, 0) is 14.3 Å². The second kappa shape index (κ2) is 6.70. The highest BCUT2D eigenvalue weighted by Crippen LogP contribution is 2.28. The summed E-state index contributed by atoms with van der Waals surface area (Å²) in [6, 6.07) is 0. The Morgan fingerprint density at radius 2 is 1.89 bits per heavy atom. The molecule has 5 heteroatoms. The molecule has 2 aliphatic carbocycles. The monoisotopic (exact) mass is 267 g/mol. The molecule has 0 aliphatic heterocycles. The molecule has 1 fully saturated rings. The van der Waals surface area contributed by atoms with Crippen molar-refractivity contribution in [3.63, 3.8) is 0 Å². The summed E-state index contributed by atoms with van der Waals surface area (Å²) >= 11 is 0. The van der Waals surface area contributed by atoms with Gasteiger partial charge in [-0.2, -0.15) is 0 Å². The molecule has 0 spiro atoms. The molecule has 0 saturated heterocycles. The van der Waals surface area contributed by atoms with Crippen LogP contribution in [0.2, 0.25) is 0 Å². The topological polar surface area (TPSA) is 75.6 Å². The number of nitrogens with one attached hydrogen (secondary N) is 1. The summed E-state index contributed by atoms with van der Waals surface area (Å²) in [5, 5.41) is 11.9. The van der Waals surface area contributed by atoms with E-state index in [9.17, 15) is 9.59 Å². The molecule has 0 radical (unpaired) electrons. The SMILES string of the molecule is O=C(O)C1CC=CCC1C(=O)NCCOCC1CC1. The van der Waals surface area contributed by atoms with Gasteiger partial charge in [-0.25, -0.2) is 0 Å². The van der Waals surface area contributed by atoms with Gasteiger partial charge in [-0.05, 0) is 31.6 Å². The molecular weight excluding hydrogens is 246 g/mol. The van der Waals surface area contributed by atoms with E-state index < -0.39 is 17.8 Å². The first-order valence-electron chi connectivity index (χ1n) is 6.91. The third-order valence-electron chi connectivity index (χ3n) is 3.68. The fourth-order valence-electron chi connectivity index (χ4n) is 2.29. The van der Waals surface area contributed by atoms with Crippen molar-refractivity contribution in [2.75, 3.05) is 19.8 Å². The van der Waals surface area contributed by atoms with Crippen LogP contribution in [0.3, 0.4) is 0 Å². The van der Waals surface area contributed by atoms with Crippen molar-refractivity contribution in [3.8, 4) is 0 Å². The molecule has 0 bridgehead atoms. The van der Waals surface area contributed by atoms with Gasteiger partial charge in [0.2, 0.25) is 5.91 Å². The molecule has 0 heterocycles. The maximum Gasteiger partial charge on any atom is 0.307 e. The van der Waals surface area contributed by atoms with E-state index in [1.165, 1.54) is 12.8 Å². The predicted octanol–water partition coefficient (Wildman–Crippen LogP) is 1.20. The Labute approximate surface area is 113 Å². The number of carbonyl (C=O) groups excluding carboxylic acids is 1. The molecule has 1 saturated carbocycles. The molecule has 106 valence electrons. The lowest BCUT2D eigenvalue weighted by molar-refractivity contribution is -0.147. The minimum atomic E-state index is -0.894. The maximum atomic E-state index is 12.0. The van der Waals surface area contributed by atoms with Crippen molar-refractivity contribution in [1.82, 2.24) is 5.32 Å². The van der Waals surface area contributed by atoms with Crippen LogP contribution in [0.5, 0.6) is 0 Å². The number of hydrogen-bond donors (Lipinski definition) is 2. The molecule has 0 aromatic rings. The Kier molecular flexibility index (Phi) is 4.96. The minimum Gasteiger partial charge on any atom is -0.481 e. The minimum absolute atomic E-state index is 0.174. The lowest BCUT2D eigenvalue weighted by Gasteiger charge is -2.24. The fourth-order valence-corrected chi connectivity index (χ4v) is 2.29. The van der Waals surface area contributed by atoms with Crippen molar-refractivity contribution in [2.45, 2.75) is 25.7 Å². The zero-order valence-corrected chi connectivity index (χ0v) is 11.0. The van der Waals surface area contributed by atoms with E-state index in [2.05, 4.69) is 5.32 Å². The number of rotatable bonds is 7. The van der Waals surface area contributed by atoms with Gasteiger partial charge >= 0.3 is 5.97 Å². The van der Waals surface area contributed by atoms with E-state index in [1.54, 1.807) is 0 Å². The standard InChI is InChI=1S/C14H21NO4/c16-13(15-7-8-19-9-10-5-6-10)11-3-1-2-4-12(11)14(17)18/h1-2,10-12H,3-9H2,(H,15,16)(H,17,18). The van der Waals surface area contributed by atoms with Gasteiger partial charge in [0.15, 0.2) is 0 Å². The van der Waals surface area contributed by atoms with E-state index in [4.69, 9.17) is 9.84 Å². The van der Waals surface area contributed by atoms with E-state index in [-0.39, 0.29) is 5.91 Å². The number of carboxylic acid groups (broad SMARTS) is 1. The molecule has 19 heavy (non-hydrogen) atoms. The Bertz CT molecular complexity index is 362. The van der Waals surface area contributed by atoms with Gasteiger partial charge in [0.1, 0.15) is 0 Å². The number of allylic oxidation sites excluding steroid dienone is 2. The Morgan fingerprint density at radius 3 is 2.53 bits per heavy atom. The average molecular weight is 267 g/mol. The fraction of sp³-hybridized carbons (Fsp3) is 0.714. The van der Waals surface area contributed by atoms with E-state index in [1.807, 2.05) is 12.2 Å². The van der Waals surface area contributed by atoms with Crippen LogP contribution in [0.1, 0.15) is 25.7 Å². The summed E-state index contributed by atoms with van der Waals surface area (Å²) in [7, 11) is 0. The lowest BCUT2D eigenvalue weighted by atomic mass is 9.82. The zero-order chi connectivity index (χ0) is 13.7. The summed E-state index contributed by atoms with van der Waals surface area (Å²) in [4.78, 5) is 23.0. The zero-order valence-electron chi connectivity index (χ0n) is 11.0. The third-order valence-corrected chi connectivity index (χ3v) is 3.68. The highest BCUT2D eigenvalue weighted by atomic mass is 16.5. The van der Waals surface area contributed by atoms with Crippen molar-refractivity contribution < 1.29 is 19.4 Å². The number of amides is 1. The van der Waals surface area contributed by atoms with Crippen molar-refractivity contribution in [3.05, 3.63) is 12.2 Å². The van der Waals surface area contributed by atoms with E-state index in [0.29, 0.717) is 26.0 Å². The van der Waals surface area contributed by atoms with Gasteiger partial charge in [0.25, 0.3) is 0 Å². The Balaban J connectivity index is 1.68. The molecule has 5 nitrogen and oxygen atoms in total. The first-order valence-corrected chi connectivity index (χ1v) is 6.91. The second-order valence-corrected chi connectivity index (χ2v) is 5.30. The van der Waals surface area contributed by atoms with Gasteiger partial charge in [-0.3, -0.25) is 9.59 Å². The summed E-state index contributed by atoms with van der Waals surface area (Å²) in [6.45, 7) is 1.74. The number of aliphatic carboxylic acids is 1. The average Bonchev–Trinajstić information content (AvgIpc) is 3.22.